The molecule has 1 fully saturated rings. The molecule has 0 aliphatic heterocycles. The van der Waals surface area contributed by atoms with Gasteiger partial charge in [0.25, 0.3) is 0 Å². The summed E-state index contributed by atoms with van der Waals surface area (Å²) >= 11 is 0. The minimum atomic E-state index is -0.812. The van der Waals surface area contributed by atoms with Gasteiger partial charge in [0.05, 0.1) is 6.42 Å². The second-order valence-electron chi connectivity index (χ2n) is 4.67. The third kappa shape index (κ3) is 5.21. The van der Waals surface area contributed by atoms with E-state index < -0.39 is 12.1 Å². The summed E-state index contributed by atoms with van der Waals surface area (Å²) in [6.07, 6.45) is 5.51. The van der Waals surface area contributed by atoms with E-state index in [9.17, 15) is 9.59 Å². The number of hydrogen-bond acceptors (Lipinski definition) is 3. The molecule has 5 heteroatoms. The zero-order chi connectivity index (χ0) is 13.4. The maximum Gasteiger partial charge on any atom is 0.407 e. The van der Waals surface area contributed by atoms with Crippen molar-refractivity contribution >= 4 is 12.1 Å². The highest BCUT2D eigenvalue weighted by molar-refractivity contribution is 5.68. The van der Waals surface area contributed by atoms with Crippen LogP contribution in [0, 0.1) is 11.8 Å². The van der Waals surface area contributed by atoms with Gasteiger partial charge in [-0.25, -0.2) is 4.79 Å². The van der Waals surface area contributed by atoms with Gasteiger partial charge in [-0.2, -0.15) is 0 Å². The molecule has 1 unspecified atom stereocenters. The Bertz CT molecular complexity index is 297. The Balaban J connectivity index is 2.37. The zero-order valence-electron chi connectivity index (χ0n) is 10.6. The number of carboxylic acid groups (broad SMARTS) is 1. The number of amides is 1. The molecule has 1 atom stereocenters. The fraction of sp³-hybridized carbons (Fsp3) is 0.692. The summed E-state index contributed by atoms with van der Waals surface area (Å²) in [5, 5.41) is 11.5. The number of carbonyl (C=O) groups excluding carboxylic acids is 1. The Hall–Kier alpha value is -1.52. The number of ether oxygens (including phenoxy) is 1. The second-order valence-corrected chi connectivity index (χ2v) is 4.67. The van der Waals surface area contributed by atoms with Gasteiger partial charge in [-0.05, 0) is 11.8 Å². The number of carboxylic acids is 1. The number of carbonyl (C=O) groups is 2. The normalized spacial score (nSPS) is 17.1. The van der Waals surface area contributed by atoms with Gasteiger partial charge in [0.15, 0.2) is 0 Å². The first-order valence-electron chi connectivity index (χ1n) is 6.36. The lowest BCUT2D eigenvalue weighted by atomic mass is 9.88. The largest absolute Gasteiger partial charge is 0.481 e. The second kappa shape index (κ2) is 7.74. The number of hydrogen-bond donors (Lipinski definition) is 2. The number of alkyl carbamates (subject to hydrolysis) is 1. The molecule has 1 aliphatic rings. The van der Waals surface area contributed by atoms with Crippen LogP contribution >= 0.6 is 0 Å². The van der Waals surface area contributed by atoms with Crippen molar-refractivity contribution in [2.75, 3.05) is 13.2 Å². The molecule has 0 spiro atoms. The zero-order valence-corrected chi connectivity index (χ0v) is 10.6. The number of nitrogens with one attached hydrogen (secondary N) is 1. The molecule has 5 nitrogen and oxygen atoms in total. The van der Waals surface area contributed by atoms with Gasteiger partial charge in [-0.15, -0.1) is 0 Å². The molecule has 0 aromatic carbocycles. The van der Waals surface area contributed by atoms with E-state index in [2.05, 4.69) is 11.9 Å². The van der Waals surface area contributed by atoms with Gasteiger partial charge >= 0.3 is 12.1 Å². The maximum atomic E-state index is 11.3. The Morgan fingerprint density at radius 3 is 2.67 bits per heavy atom. The first kappa shape index (κ1) is 14.5. The van der Waals surface area contributed by atoms with E-state index in [0.717, 1.165) is 25.7 Å². The Kier molecular flexibility index (Phi) is 6.25. The molecule has 0 heterocycles. The van der Waals surface area contributed by atoms with Gasteiger partial charge in [0, 0.05) is 6.54 Å². The van der Waals surface area contributed by atoms with E-state index in [4.69, 9.17) is 9.84 Å². The summed E-state index contributed by atoms with van der Waals surface area (Å²) in [5.74, 6) is -0.407. The van der Waals surface area contributed by atoms with Gasteiger partial charge in [0.1, 0.15) is 6.61 Å². The average molecular weight is 255 g/mol. The topological polar surface area (TPSA) is 75.6 Å². The SMILES string of the molecule is C=CCOC(=O)NCC(CC(=O)O)C1CCCC1. The lowest BCUT2D eigenvalue weighted by molar-refractivity contribution is -0.138. The van der Waals surface area contributed by atoms with Crippen LogP contribution in [0.15, 0.2) is 12.7 Å². The quantitative estimate of drug-likeness (QED) is 0.684. The van der Waals surface area contributed by atoms with Gasteiger partial charge in [-0.3, -0.25) is 4.79 Å². The van der Waals surface area contributed by atoms with Crippen LogP contribution in [0.25, 0.3) is 0 Å². The molecular formula is C13H21NO4. The van der Waals surface area contributed by atoms with E-state index in [-0.39, 0.29) is 18.9 Å². The summed E-state index contributed by atoms with van der Waals surface area (Å²) < 4.78 is 4.79. The third-order valence-electron chi connectivity index (χ3n) is 3.34. The van der Waals surface area contributed by atoms with E-state index in [1.165, 1.54) is 6.08 Å². The fourth-order valence-corrected chi connectivity index (χ4v) is 2.46. The lowest BCUT2D eigenvalue weighted by Gasteiger charge is -2.21. The number of aliphatic carboxylic acids is 1. The molecular weight excluding hydrogens is 234 g/mol. The van der Waals surface area contributed by atoms with Crippen LogP contribution in [0.5, 0.6) is 0 Å². The van der Waals surface area contributed by atoms with Gasteiger partial charge in [0.2, 0.25) is 0 Å². The summed E-state index contributed by atoms with van der Waals surface area (Å²) in [6.45, 7) is 3.98. The van der Waals surface area contributed by atoms with Crippen molar-refractivity contribution in [2.45, 2.75) is 32.1 Å². The van der Waals surface area contributed by atoms with E-state index in [1.54, 1.807) is 0 Å². The predicted octanol–water partition coefficient (Wildman–Crippen LogP) is 2.18. The molecule has 0 aromatic rings. The molecule has 0 bridgehead atoms. The predicted molar refractivity (Wildman–Crippen MR) is 67.2 cm³/mol. The summed E-state index contributed by atoms with van der Waals surface area (Å²) in [5.41, 5.74) is 0. The van der Waals surface area contributed by atoms with Crippen molar-refractivity contribution < 1.29 is 19.4 Å². The van der Waals surface area contributed by atoms with Crippen molar-refractivity contribution in [3.05, 3.63) is 12.7 Å². The highest BCUT2D eigenvalue weighted by atomic mass is 16.5. The molecule has 1 rings (SSSR count). The third-order valence-corrected chi connectivity index (χ3v) is 3.34. The molecule has 0 aromatic heterocycles. The molecule has 1 aliphatic carbocycles. The average Bonchev–Trinajstić information content (AvgIpc) is 2.85. The lowest BCUT2D eigenvalue weighted by Crippen LogP contribution is -2.33. The minimum Gasteiger partial charge on any atom is -0.481 e. The summed E-state index contributed by atoms with van der Waals surface area (Å²) in [6, 6.07) is 0. The van der Waals surface area contributed by atoms with E-state index in [1.807, 2.05) is 0 Å². The molecule has 102 valence electrons. The Morgan fingerprint density at radius 1 is 1.44 bits per heavy atom. The monoisotopic (exact) mass is 255 g/mol. The van der Waals surface area contributed by atoms with Crippen LogP contribution in [0.2, 0.25) is 0 Å². The van der Waals surface area contributed by atoms with Crippen LogP contribution in [-0.2, 0) is 9.53 Å². The van der Waals surface area contributed by atoms with E-state index >= 15 is 0 Å². The fourth-order valence-electron chi connectivity index (χ4n) is 2.46. The van der Waals surface area contributed by atoms with Gasteiger partial charge in [-0.1, -0.05) is 38.3 Å². The van der Waals surface area contributed by atoms with Crippen LogP contribution in [0.4, 0.5) is 4.79 Å². The van der Waals surface area contributed by atoms with Crippen molar-refractivity contribution in [3.63, 3.8) is 0 Å². The molecule has 0 saturated heterocycles. The molecule has 1 amide bonds. The minimum absolute atomic E-state index is 0.00119. The van der Waals surface area contributed by atoms with Crippen molar-refractivity contribution in [2.24, 2.45) is 11.8 Å². The first-order valence-corrected chi connectivity index (χ1v) is 6.36. The number of rotatable bonds is 7. The molecule has 18 heavy (non-hydrogen) atoms. The van der Waals surface area contributed by atoms with Crippen LogP contribution in [0.1, 0.15) is 32.1 Å². The Morgan fingerprint density at radius 2 is 2.11 bits per heavy atom. The van der Waals surface area contributed by atoms with E-state index in [0.29, 0.717) is 12.5 Å². The summed E-state index contributed by atoms with van der Waals surface area (Å²) in [4.78, 5) is 22.1. The van der Waals surface area contributed by atoms with Crippen LogP contribution in [0.3, 0.4) is 0 Å². The van der Waals surface area contributed by atoms with Crippen LogP contribution in [-0.4, -0.2) is 30.3 Å². The smallest absolute Gasteiger partial charge is 0.407 e. The standard InChI is InChI=1S/C13H21NO4/c1-2-7-18-13(17)14-9-11(8-12(15)16)10-5-3-4-6-10/h2,10-11H,1,3-9H2,(H,14,17)(H,15,16). The first-order chi connectivity index (χ1) is 8.63. The Labute approximate surface area is 107 Å². The molecule has 0 radical (unpaired) electrons. The van der Waals surface area contributed by atoms with Crippen molar-refractivity contribution in [1.29, 1.82) is 0 Å². The van der Waals surface area contributed by atoms with Crippen molar-refractivity contribution in [1.82, 2.24) is 5.32 Å². The van der Waals surface area contributed by atoms with Gasteiger partial charge < -0.3 is 15.2 Å². The maximum absolute atomic E-state index is 11.3. The molecule has 1 saturated carbocycles. The summed E-state index contributed by atoms with van der Waals surface area (Å²) in [7, 11) is 0. The van der Waals surface area contributed by atoms with Crippen molar-refractivity contribution in [3.8, 4) is 0 Å². The highest BCUT2D eigenvalue weighted by Crippen LogP contribution is 2.32. The molecule has 2 N–H and O–H groups in total. The van der Waals surface area contributed by atoms with Crippen LogP contribution < -0.4 is 5.32 Å². The highest BCUT2D eigenvalue weighted by Gasteiger charge is 2.27.